The minimum absolute atomic E-state index is 0.0741. The molecule has 0 fully saturated rings. The third-order valence-electron chi connectivity index (χ3n) is 4.46. The number of hydrogen-bond acceptors (Lipinski definition) is 5. The van der Waals surface area contributed by atoms with Crippen LogP contribution < -0.4 is 15.0 Å². The highest BCUT2D eigenvalue weighted by Crippen LogP contribution is 2.35. The van der Waals surface area contributed by atoms with Crippen molar-refractivity contribution in [3.8, 4) is 5.75 Å². The number of rotatable bonds is 5. The maximum Gasteiger partial charge on any atom is 0.341 e. The van der Waals surface area contributed by atoms with Crippen molar-refractivity contribution in [3.05, 3.63) is 45.8 Å². The number of anilines is 1. The van der Waals surface area contributed by atoms with Gasteiger partial charge in [0.1, 0.15) is 17.3 Å². The lowest BCUT2D eigenvalue weighted by Gasteiger charge is -2.19. The smallest absolute Gasteiger partial charge is 0.341 e. The Labute approximate surface area is 163 Å². The molecule has 7 heteroatoms. The number of carbonyl (C=O) groups is 2. The van der Waals surface area contributed by atoms with Crippen LogP contribution in [0.2, 0.25) is 0 Å². The zero-order valence-corrected chi connectivity index (χ0v) is 16.9. The Hall–Kier alpha value is -2.38. The average molecular weight is 389 g/mol. The van der Waals surface area contributed by atoms with E-state index in [1.807, 2.05) is 13.8 Å². The van der Waals surface area contributed by atoms with Gasteiger partial charge in [-0.1, -0.05) is 0 Å². The van der Waals surface area contributed by atoms with Crippen molar-refractivity contribution in [3.63, 3.8) is 0 Å². The number of nitrogens with one attached hydrogen (secondary N) is 2. The second-order valence-electron chi connectivity index (χ2n) is 6.98. The van der Waals surface area contributed by atoms with Gasteiger partial charge >= 0.3 is 5.97 Å². The molecule has 0 saturated heterocycles. The number of esters is 1. The third kappa shape index (κ3) is 4.31. The summed E-state index contributed by atoms with van der Waals surface area (Å²) in [6, 6.07) is 6.98. The predicted molar refractivity (Wildman–Crippen MR) is 105 cm³/mol. The van der Waals surface area contributed by atoms with Gasteiger partial charge in [-0.05, 0) is 43.7 Å². The number of amides is 1. The summed E-state index contributed by atoms with van der Waals surface area (Å²) in [5, 5.41) is 3.47. The Morgan fingerprint density at radius 3 is 2.56 bits per heavy atom. The van der Waals surface area contributed by atoms with E-state index >= 15 is 0 Å². The molecule has 1 amide bonds. The molecular formula is C20H25N2O4S+. The lowest BCUT2D eigenvalue weighted by Crippen LogP contribution is -3.08. The van der Waals surface area contributed by atoms with Crippen LogP contribution in [0.15, 0.2) is 24.3 Å². The van der Waals surface area contributed by atoms with Gasteiger partial charge in [-0.3, -0.25) is 4.79 Å². The number of thiophene rings is 1. The van der Waals surface area contributed by atoms with Gasteiger partial charge in [0.25, 0.3) is 5.91 Å². The van der Waals surface area contributed by atoms with Gasteiger partial charge in [-0.25, -0.2) is 4.79 Å². The molecule has 144 valence electrons. The Kier molecular flexibility index (Phi) is 5.82. The van der Waals surface area contributed by atoms with E-state index in [4.69, 9.17) is 9.47 Å². The summed E-state index contributed by atoms with van der Waals surface area (Å²) in [5.41, 5.74) is 2.02. The van der Waals surface area contributed by atoms with Crippen molar-refractivity contribution < 1.29 is 24.0 Å². The Morgan fingerprint density at radius 1 is 1.22 bits per heavy atom. The number of carbonyl (C=O) groups excluding carboxylic acids is 2. The molecule has 3 rings (SSSR count). The molecule has 27 heavy (non-hydrogen) atoms. The summed E-state index contributed by atoms with van der Waals surface area (Å²) in [4.78, 5) is 27.5. The summed E-state index contributed by atoms with van der Waals surface area (Å²) in [7, 11) is 3.49. The van der Waals surface area contributed by atoms with Gasteiger partial charge in [0.2, 0.25) is 0 Å². The molecule has 2 aromatic rings. The summed E-state index contributed by atoms with van der Waals surface area (Å²) < 4.78 is 10.6. The first kappa shape index (κ1) is 19.4. The second kappa shape index (κ2) is 8.10. The standard InChI is InChI=1S/C20H24N2O4S/c1-12(2)26-14-7-5-13(6-8-14)18(23)21-19-17(20(24)25-4)15-9-10-22(3)11-16(15)27-19/h5-8,12H,9-11H2,1-4H3,(H,21,23)/p+1. The highest BCUT2D eigenvalue weighted by atomic mass is 32.1. The number of methoxy groups -OCH3 is 1. The highest BCUT2D eigenvalue weighted by Gasteiger charge is 2.30. The molecule has 2 N–H and O–H groups in total. The first-order valence-corrected chi connectivity index (χ1v) is 9.83. The number of ether oxygens (including phenoxy) is 2. The average Bonchev–Trinajstić information content (AvgIpc) is 2.97. The number of benzene rings is 1. The molecule has 0 spiro atoms. The van der Waals surface area contributed by atoms with E-state index in [2.05, 4.69) is 12.4 Å². The molecule has 0 saturated carbocycles. The molecule has 1 atom stereocenters. The van der Waals surface area contributed by atoms with Gasteiger partial charge < -0.3 is 19.7 Å². The van der Waals surface area contributed by atoms with Gasteiger partial charge in [0, 0.05) is 12.0 Å². The first-order chi connectivity index (χ1) is 12.9. The maximum atomic E-state index is 12.7. The van der Waals surface area contributed by atoms with E-state index in [0.29, 0.717) is 16.1 Å². The van der Waals surface area contributed by atoms with Crippen molar-refractivity contribution in [1.82, 2.24) is 0 Å². The van der Waals surface area contributed by atoms with Crippen LogP contribution in [0.5, 0.6) is 5.75 Å². The van der Waals surface area contributed by atoms with Crippen LogP contribution in [-0.2, 0) is 17.7 Å². The number of fused-ring (bicyclic) bond motifs is 1. The van der Waals surface area contributed by atoms with Gasteiger partial charge in [-0.15, -0.1) is 11.3 Å². The van der Waals surface area contributed by atoms with Crippen LogP contribution in [0.25, 0.3) is 0 Å². The molecule has 6 nitrogen and oxygen atoms in total. The zero-order valence-electron chi connectivity index (χ0n) is 16.0. The number of likely N-dealkylation sites (N-methyl/N-ethyl adjacent to an activating group) is 1. The van der Waals surface area contributed by atoms with Crippen molar-refractivity contribution >= 4 is 28.2 Å². The van der Waals surface area contributed by atoms with E-state index in [9.17, 15) is 9.59 Å². The normalized spacial score (nSPS) is 16.0. The summed E-state index contributed by atoms with van der Waals surface area (Å²) in [6.45, 7) is 5.71. The topological polar surface area (TPSA) is 69.1 Å². The zero-order chi connectivity index (χ0) is 19.6. The van der Waals surface area contributed by atoms with Crippen molar-refractivity contribution in [2.45, 2.75) is 32.9 Å². The monoisotopic (exact) mass is 389 g/mol. The van der Waals surface area contributed by atoms with Gasteiger partial charge in [0.05, 0.1) is 37.2 Å². The Balaban J connectivity index is 1.84. The van der Waals surface area contributed by atoms with Crippen molar-refractivity contribution in [2.24, 2.45) is 0 Å². The van der Waals surface area contributed by atoms with Crippen LogP contribution in [0.3, 0.4) is 0 Å². The lowest BCUT2D eigenvalue weighted by molar-refractivity contribution is -0.895. The molecule has 1 aromatic heterocycles. The van der Waals surface area contributed by atoms with E-state index < -0.39 is 5.97 Å². The minimum Gasteiger partial charge on any atom is -0.491 e. The second-order valence-corrected chi connectivity index (χ2v) is 8.08. The quantitative estimate of drug-likeness (QED) is 0.769. The Bertz CT molecular complexity index is 842. The van der Waals surface area contributed by atoms with E-state index in [-0.39, 0.29) is 12.0 Å². The Morgan fingerprint density at radius 2 is 1.93 bits per heavy atom. The van der Waals surface area contributed by atoms with E-state index in [1.165, 1.54) is 23.3 Å². The molecule has 1 aliphatic rings. The summed E-state index contributed by atoms with van der Waals surface area (Å²) in [5.74, 6) is 0.0629. The van der Waals surface area contributed by atoms with Crippen molar-refractivity contribution in [1.29, 1.82) is 0 Å². The fourth-order valence-corrected chi connectivity index (χ4v) is 4.50. The van der Waals surface area contributed by atoms with E-state index in [0.717, 1.165) is 35.7 Å². The minimum atomic E-state index is -0.400. The molecule has 0 aliphatic carbocycles. The highest BCUT2D eigenvalue weighted by molar-refractivity contribution is 7.17. The van der Waals surface area contributed by atoms with Crippen LogP contribution in [0, 0.1) is 0 Å². The largest absolute Gasteiger partial charge is 0.491 e. The molecular weight excluding hydrogens is 364 g/mol. The maximum absolute atomic E-state index is 12.7. The SMILES string of the molecule is COC(=O)c1c(NC(=O)c2ccc(OC(C)C)cc2)sc2c1CC[NH+](C)C2. The first-order valence-electron chi connectivity index (χ1n) is 9.01. The molecule has 1 aromatic carbocycles. The fourth-order valence-electron chi connectivity index (χ4n) is 3.16. The lowest BCUT2D eigenvalue weighted by atomic mass is 10.0. The number of hydrogen-bond donors (Lipinski definition) is 2. The van der Waals surface area contributed by atoms with Crippen LogP contribution in [0.4, 0.5) is 5.00 Å². The molecule has 0 bridgehead atoms. The molecule has 0 radical (unpaired) electrons. The van der Waals surface area contributed by atoms with Gasteiger partial charge in [0.15, 0.2) is 0 Å². The molecule has 2 heterocycles. The third-order valence-corrected chi connectivity index (χ3v) is 5.61. The van der Waals surface area contributed by atoms with Crippen molar-refractivity contribution in [2.75, 3.05) is 26.0 Å². The summed E-state index contributed by atoms with van der Waals surface area (Å²) >= 11 is 1.47. The van der Waals surface area contributed by atoms with E-state index in [1.54, 1.807) is 24.3 Å². The molecule has 1 aliphatic heterocycles. The van der Waals surface area contributed by atoms with Gasteiger partial charge in [-0.2, -0.15) is 0 Å². The van der Waals surface area contributed by atoms with Crippen LogP contribution in [-0.4, -0.2) is 38.7 Å². The van der Waals surface area contributed by atoms with Crippen LogP contribution >= 0.6 is 11.3 Å². The summed E-state index contributed by atoms with van der Waals surface area (Å²) in [6.07, 6.45) is 0.879. The van der Waals surface area contributed by atoms with Crippen LogP contribution in [0.1, 0.15) is 45.0 Å². The molecule has 1 unspecified atom stereocenters. The predicted octanol–water partition coefficient (Wildman–Crippen LogP) is 2.15. The fraction of sp³-hybridized carbons (Fsp3) is 0.400. The number of quaternary nitrogens is 1.